The molecule has 0 unspecified atom stereocenters. The van der Waals surface area contributed by atoms with Crippen LogP contribution in [-0.2, 0) is 11.3 Å². The molecule has 2 N–H and O–H groups in total. The van der Waals surface area contributed by atoms with E-state index in [1.165, 1.54) is 0 Å². The molecule has 6 heteroatoms. The SMILES string of the molecule is CCN(CC(=O)O)C1CC(NCc2ccnn2-c2ccccc2)C1. The van der Waals surface area contributed by atoms with Crippen molar-refractivity contribution in [2.75, 3.05) is 13.1 Å². The summed E-state index contributed by atoms with van der Waals surface area (Å²) < 4.78 is 1.95. The number of nitrogens with one attached hydrogen (secondary N) is 1. The van der Waals surface area contributed by atoms with Gasteiger partial charge in [0.1, 0.15) is 0 Å². The zero-order valence-electron chi connectivity index (χ0n) is 13.9. The Bertz CT molecular complexity index is 665. The second-order valence-corrected chi connectivity index (χ2v) is 6.23. The van der Waals surface area contributed by atoms with Crippen molar-refractivity contribution in [2.24, 2.45) is 0 Å². The molecule has 2 aromatic rings. The second-order valence-electron chi connectivity index (χ2n) is 6.23. The Morgan fingerprint density at radius 2 is 2.08 bits per heavy atom. The summed E-state index contributed by atoms with van der Waals surface area (Å²) in [5.41, 5.74) is 2.19. The number of rotatable bonds is 8. The normalized spacial score (nSPS) is 20.1. The first kappa shape index (κ1) is 16.7. The van der Waals surface area contributed by atoms with Gasteiger partial charge in [-0.3, -0.25) is 9.69 Å². The van der Waals surface area contributed by atoms with Crippen LogP contribution >= 0.6 is 0 Å². The lowest BCUT2D eigenvalue weighted by atomic mass is 9.85. The van der Waals surface area contributed by atoms with Gasteiger partial charge in [-0.1, -0.05) is 25.1 Å². The first-order valence-electron chi connectivity index (χ1n) is 8.45. The highest BCUT2D eigenvalue weighted by atomic mass is 16.4. The van der Waals surface area contributed by atoms with Crippen molar-refractivity contribution in [1.29, 1.82) is 0 Å². The fourth-order valence-corrected chi connectivity index (χ4v) is 3.24. The summed E-state index contributed by atoms with van der Waals surface area (Å²) >= 11 is 0. The Kier molecular flexibility index (Phi) is 5.27. The van der Waals surface area contributed by atoms with E-state index in [1.807, 2.05) is 59.1 Å². The monoisotopic (exact) mass is 328 g/mol. The van der Waals surface area contributed by atoms with Gasteiger partial charge in [0.2, 0.25) is 0 Å². The minimum absolute atomic E-state index is 0.134. The number of para-hydroxylation sites is 1. The van der Waals surface area contributed by atoms with Crippen molar-refractivity contribution in [2.45, 2.75) is 38.4 Å². The third-order valence-corrected chi connectivity index (χ3v) is 4.67. The summed E-state index contributed by atoms with van der Waals surface area (Å²) in [7, 11) is 0. The number of carboxylic acid groups (broad SMARTS) is 1. The van der Waals surface area contributed by atoms with Crippen LogP contribution in [0, 0.1) is 0 Å². The highest BCUT2D eigenvalue weighted by Crippen LogP contribution is 2.26. The van der Waals surface area contributed by atoms with E-state index in [-0.39, 0.29) is 6.54 Å². The number of hydrogen-bond donors (Lipinski definition) is 2. The van der Waals surface area contributed by atoms with E-state index in [2.05, 4.69) is 10.4 Å². The zero-order chi connectivity index (χ0) is 16.9. The van der Waals surface area contributed by atoms with Gasteiger partial charge in [0, 0.05) is 24.8 Å². The maximum atomic E-state index is 10.9. The van der Waals surface area contributed by atoms with Crippen LogP contribution in [0.3, 0.4) is 0 Å². The van der Waals surface area contributed by atoms with Crippen LogP contribution in [0.1, 0.15) is 25.5 Å². The molecule has 0 saturated heterocycles. The third kappa shape index (κ3) is 3.83. The predicted molar refractivity (Wildman–Crippen MR) is 92.1 cm³/mol. The molecule has 128 valence electrons. The van der Waals surface area contributed by atoms with Crippen molar-refractivity contribution < 1.29 is 9.90 Å². The molecule has 1 aliphatic carbocycles. The number of aliphatic carboxylic acids is 1. The number of carboxylic acids is 1. The highest BCUT2D eigenvalue weighted by molar-refractivity contribution is 5.69. The summed E-state index contributed by atoms with van der Waals surface area (Å²) in [6.45, 7) is 3.69. The minimum atomic E-state index is -0.750. The number of nitrogens with zero attached hydrogens (tertiary/aromatic N) is 3. The minimum Gasteiger partial charge on any atom is -0.480 e. The van der Waals surface area contributed by atoms with Crippen LogP contribution in [0.5, 0.6) is 0 Å². The molecule has 1 saturated carbocycles. The lowest BCUT2D eigenvalue weighted by Gasteiger charge is -2.42. The van der Waals surface area contributed by atoms with E-state index in [1.54, 1.807) is 0 Å². The Morgan fingerprint density at radius 1 is 1.33 bits per heavy atom. The first-order valence-corrected chi connectivity index (χ1v) is 8.45. The van der Waals surface area contributed by atoms with Crippen LogP contribution < -0.4 is 5.32 Å². The predicted octanol–water partition coefficient (Wildman–Crippen LogP) is 1.90. The standard InChI is InChI=1S/C18H24N4O2/c1-2-21(13-18(23)24)17-10-14(11-17)19-12-16-8-9-20-22(16)15-6-4-3-5-7-15/h3-9,14,17,19H,2,10-13H2,1H3,(H,23,24). The van der Waals surface area contributed by atoms with Gasteiger partial charge in [0.05, 0.1) is 17.9 Å². The molecule has 0 bridgehead atoms. The molecule has 0 aliphatic heterocycles. The molecular weight excluding hydrogens is 304 g/mol. The van der Waals surface area contributed by atoms with Gasteiger partial charge in [-0.15, -0.1) is 0 Å². The summed E-state index contributed by atoms with van der Waals surface area (Å²) in [5.74, 6) is -0.750. The van der Waals surface area contributed by atoms with Gasteiger partial charge < -0.3 is 10.4 Å². The van der Waals surface area contributed by atoms with E-state index in [4.69, 9.17) is 5.11 Å². The maximum absolute atomic E-state index is 10.9. The number of likely N-dealkylation sites (N-methyl/N-ethyl adjacent to an activating group) is 1. The molecular formula is C18H24N4O2. The van der Waals surface area contributed by atoms with Crippen molar-refractivity contribution in [3.63, 3.8) is 0 Å². The van der Waals surface area contributed by atoms with Crippen LogP contribution in [0.2, 0.25) is 0 Å². The number of hydrogen-bond acceptors (Lipinski definition) is 4. The number of aromatic nitrogens is 2. The summed E-state index contributed by atoms with van der Waals surface area (Å²) in [5, 5.41) is 16.9. The van der Waals surface area contributed by atoms with Gasteiger partial charge >= 0.3 is 5.97 Å². The van der Waals surface area contributed by atoms with Crippen LogP contribution in [0.15, 0.2) is 42.6 Å². The lowest BCUT2D eigenvalue weighted by Crippen LogP contribution is -2.53. The van der Waals surface area contributed by atoms with Crippen molar-refractivity contribution in [1.82, 2.24) is 20.0 Å². The Morgan fingerprint density at radius 3 is 2.75 bits per heavy atom. The van der Waals surface area contributed by atoms with Crippen molar-refractivity contribution in [3.8, 4) is 5.69 Å². The molecule has 1 fully saturated rings. The topological polar surface area (TPSA) is 70.4 Å². The van der Waals surface area contributed by atoms with Crippen LogP contribution in [-0.4, -0.2) is 50.9 Å². The van der Waals surface area contributed by atoms with Crippen LogP contribution in [0.25, 0.3) is 5.69 Å². The van der Waals surface area contributed by atoms with Gasteiger partial charge in [-0.05, 0) is 37.6 Å². The van der Waals surface area contributed by atoms with E-state index in [0.717, 1.165) is 37.3 Å². The Labute approximate surface area is 142 Å². The molecule has 0 radical (unpaired) electrons. The van der Waals surface area contributed by atoms with E-state index >= 15 is 0 Å². The highest BCUT2D eigenvalue weighted by Gasteiger charge is 2.33. The second kappa shape index (κ2) is 7.59. The third-order valence-electron chi connectivity index (χ3n) is 4.67. The molecule has 0 atom stereocenters. The smallest absolute Gasteiger partial charge is 0.317 e. The fourth-order valence-electron chi connectivity index (χ4n) is 3.24. The zero-order valence-corrected chi connectivity index (χ0v) is 13.9. The van der Waals surface area contributed by atoms with Crippen LogP contribution in [0.4, 0.5) is 0 Å². The molecule has 1 aromatic carbocycles. The number of carbonyl (C=O) groups is 1. The van der Waals surface area contributed by atoms with Crippen molar-refractivity contribution in [3.05, 3.63) is 48.3 Å². The first-order chi connectivity index (χ1) is 11.7. The van der Waals surface area contributed by atoms with Gasteiger partial charge in [-0.25, -0.2) is 4.68 Å². The fraction of sp³-hybridized carbons (Fsp3) is 0.444. The number of benzene rings is 1. The average Bonchev–Trinajstić information content (AvgIpc) is 3.01. The van der Waals surface area contributed by atoms with Gasteiger partial charge in [0.15, 0.2) is 0 Å². The Balaban J connectivity index is 1.50. The van der Waals surface area contributed by atoms with E-state index in [9.17, 15) is 4.79 Å². The lowest BCUT2D eigenvalue weighted by molar-refractivity contribution is -0.139. The summed E-state index contributed by atoms with van der Waals surface area (Å²) in [6, 6.07) is 12.9. The van der Waals surface area contributed by atoms with Gasteiger partial charge in [0.25, 0.3) is 0 Å². The summed E-state index contributed by atoms with van der Waals surface area (Å²) in [6.07, 6.45) is 3.82. The molecule has 6 nitrogen and oxygen atoms in total. The summed E-state index contributed by atoms with van der Waals surface area (Å²) in [4.78, 5) is 12.9. The molecule has 0 amide bonds. The Hall–Kier alpha value is -2.18. The molecule has 1 aliphatic rings. The molecule has 24 heavy (non-hydrogen) atoms. The molecule has 1 aromatic heterocycles. The van der Waals surface area contributed by atoms with Gasteiger partial charge in [-0.2, -0.15) is 5.10 Å². The quantitative estimate of drug-likeness (QED) is 0.774. The van der Waals surface area contributed by atoms with Crippen molar-refractivity contribution >= 4 is 5.97 Å². The van der Waals surface area contributed by atoms with E-state index < -0.39 is 5.97 Å². The molecule has 3 rings (SSSR count). The average molecular weight is 328 g/mol. The maximum Gasteiger partial charge on any atom is 0.317 e. The molecule has 1 heterocycles. The van der Waals surface area contributed by atoms with E-state index in [0.29, 0.717) is 12.1 Å². The largest absolute Gasteiger partial charge is 0.480 e. The molecule has 0 spiro atoms.